The first-order valence-electron chi connectivity index (χ1n) is 10.9. The van der Waals surface area contributed by atoms with Gasteiger partial charge in [-0.3, -0.25) is 9.59 Å². The van der Waals surface area contributed by atoms with Crippen LogP contribution in [0.25, 0.3) is 0 Å². The van der Waals surface area contributed by atoms with Crippen molar-refractivity contribution < 1.29 is 9.59 Å². The Morgan fingerprint density at radius 1 is 0.939 bits per heavy atom. The van der Waals surface area contributed by atoms with Crippen LogP contribution in [0.3, 0.4) is 0 Å². The van der Waals surface area contributed by atoms with Gasteiger partial charge in [0.1, 0.15) is 0 Å². The summed E-state index contributed by atoms with van der Waals surface area (Å²) in [5.41, 5.74) is 5.54. The van der Waals surface area contributed by atoms with Gasteiger partial charge in [0.2, 0.25) is 0 Å². The molecule has 0 aliphatic carbocycles. The van der Waals surface area contributed by atoms with Crippen LogP contribution in [0, 0.1) is 0 Å². The summed E-state index contributed by atoms with van der Waals surface area (Å²) in [5.74, 6) is -0.724. The zero-order valence-corrected chi connectivity index (χ0v) is 19.6. The SMILES string of the molecule is O=C(NCCc1ccccc1)c1cc(NC(=O)C(Cl)Cl)ccc1N1CCc2ccccc2C1. The summed E-state index contributed by atoms with van der Waals surface area (Å²) >= 11 is 11.3. The minimum absolute atomic E-state index is 0.191. The Hall–Kier alpha value is -3.02. The van der Waals surface area contributed by atoms with Gasteiger partial charge in [-0.1, -0.05) is 77.8 Å². The Kier molecular flexibility index (Phi) is 7.53. The average molecular weight is 482 g/mol. The lowest BCUT2D eigenvalue weighted by Gasteiger charge is -2.32. The zero-order valence-electron chi connectivity index (χ0n) is 18.1. The molecule has 2 N–H and O–H groups in total. The van der Waals surface area contributed by atoms with Gasteiger partial charge in [-0.2, -0.15) is 0 Å². The molecule has 5 nitrogen and oxygen atoms in total. The van der Waals surface area contributed by atoms with E-state index in [-0.39, 0.29) is 5.91 Å². The lowest BCUT2D eigenvalue weighted by atomic mass is 9.98. The van der Waals surface area contributed by atoms with Gasteiger partial charge in [0.05, 0.1) is 5.56 Å². The van der Waals surface area contributed by atoms with E-state index in [4.69, 9.17) is 23.2 Å². The predicted octanol–water partition coefficient (Wildman–Crippen LogP) is 4.96. The van der Waals surface area contributed by atoms with E-state index in [1.54, 1.807) is 12.1 Å². The minimum Gasteiger partial charge on any atom is -0.366 e. The molecule has 4 rings (SSSR count). The van der Waals surface area contributed by atoms with Crippen LogP contribution in [0.2, 0.25) is 0 Å². The fourth-order valence-electron chi connectivity index (χ4n) is 4.03. The van der Waals surface area contributed by atoms with Crippen molar-refractivity contribution in [1.82, 2.24) is 5.32 Å². The van der Waals surface area contributed by atoms with E-state index in [1.165, 1.54) is 11.1 Å². The van der Waals surface area contributed by atoms with Gasteiger partial charge < -0.3 is 15.5 Å². The third-order valence-electron chi connectivity index (χ3n) is 5.72. The van der Waals surface area contributed by atoms with Crippen LogP contribution in [0.4, 0.5) is 11.4 Å². The first-order chi connectivity index (χ1) is 16.0. The number of halogens is 2. The van der Waals surface area contributed by atoms with E-state index >= 15 is 0 Å². The maximum Gasteiger partial charge on any atom is 0.257 e. The largest absolute Gasteiger partial charge is 0.366 e. The van der Waals surface area contributed by atoms with E-state index < -0.39 is 10.7 Å². The van der Waals surface area contributed by atoms with Gasteiger partial charge in [0.25, 0.3) is 11.8 Å². The van der Waals surface area contributed by atoms with Crippen molar-refractivity contribution in [2.24, 2.45) is 0 Å². The third-order valence-corrected chi connectivity index (χ3v) is 6.12. The van der Waals surface area contributed by atoms with Crippen LogP contribution in [0.15, 0.2) is 72.8 Å². The number of benzene rings is 3. The van der Waals surface area contributed by atoms with E-state index in [0.29, 0.717) is 17.8 Å². The number of anilines is 2. The van der Waals surface area contributed by atoms with Crippen LogP contribution < -0.4 is 15.5 Å². The van der Waals surface area contributed by atoms with Crippen molar-refractivity contribution in [3.05, 3.63) is 95.1 Å². The van der Waals surface area contributed by atoms with E-state index in [2.05, 4.69) is 33.7 Å². The van der Waals surface area contributed by atoms with Gasteiger partial charge >= 0.3 is 0 Å². The quantitative estimate of drug-likeness (QED) is 0.468. The number of nitrogens with one attached hydrogen (secondary N) is 2. The molecule has 0 aromatic heterocycles. The highest BCUT2D eigenvalue weighted by Crippen LogP contribution is 2.30. The molecular weight excluding hydrogens is 457 g/mol. The van der Waals surface area contributed by atoms with Crippen molar-refractivity contribution in [2.75, 3.05) is 23.3 Å². The molecule has 2 amide bonds. The highest BCUT2D eigenvalue weighted by molar-refractivity contribution is 6.54. The van der Waals surface area contributed by atoms with Gasteiger partial charge in [-0.05, 0) is 47.7 Å². The van der Waals surface area contributed by atoms with Crippen LogP contribution >= 0.6 is 23.2 Å². The summed E-state index contributed by atoms with van der Waals surface area (Å²) in [4.78, 5) is 26.2. The van der Waals surface area contributed by atoms with Crippen LogP contribution in [0.1, 0.15) is 27.0 Å². The Labute approximate surface area is 203 Å². The second-order valence-corrected chi connectivity index (χ2v) is 9.05. The van der Waals surface area contributed by atoms with Crippen molar-refractivity contribution in [1.29, 1.82) is 0 Å². The first kappa shape index (κ1) is 23.1. The summed E-state index contributed by atoms with van der Waals surface area (Å²) in [5, 5.41) is 5.68. The summed E-state index contributed by atoms with van der Waals surface area (Å²) < 4.78 is 0. The van der Waals surface area contributed by atoms with Crippen LogP contribution in [-0.4, -0.2) is 29.7 Å². The normalized spacial score (nSPS) is 12.9. The molecule has 0 bridgehead atoms. The van der Waals surface area contributed by atoms with Gasteiger partial charge in [0.15, 0.2) is 4.84 Å². The average Bonchev–Trinajstić information content (AvgIpc) is 2.84. The fraction of sp³-hybridized carbons (Fsp3) is 0.231. The molecule has 0 unspecified atom stereocenters. The number of carbonyl (C=O) groups is 2. The molecule has 1 aliphatic heterocycles. The maximum atomic E-state index is 13.2. The maximum absolute atomic E-state index is 13.2. The Balaban J connectivity index is 1.56. The predicted molar refractivity (Wildman–Crippen MR) is 134 cm³/mol. The fourth-order valence-corrected chi connectivity index (χ4v) is 4.14. The molecule has 170 valence electrons. The number of fused-ring (bicyclic) bond motifs is 1. The molecule has 0 fully saturated rings. The van der Waals surface area contributed by atoms with Crippen LogP contribution in [-0.2, 0) is 24.2 Å². The molecule has 33 heavy (non-hydrogen) atoms. The van der Waals surface area contributed by atoms with Gasteiger partial charge in [-0.25, -0.2) is 0 Å². The summed E-state index contributed by atoms with van der Waals surface area (Å²) in [7, 11) is 0. The molecule has 0 radical (unpaired) electrons. The monoisotopic (exact) mass is 481 g/mol. The van der Waals surface area contributed by atoms with E-state index in [9.17, 15) is 9.59 Å². The number of alkyl halides is 2. The molecule has 3 aromatic carbocycles. The Morgan fingerprint density at radius 2 is 1.67 bits per heavy atom. The number of hydrogen-bond donors (Lipinski definition) is 2. The molecule has 3 aromatic rings. The molecule has 0 spiro atoms. The van der Waals surface area contributed by atoms with Crippen molar-refractivity contribution in [3.63, 3.8) is 0 Å². The third kappa shape index (κ3) is 5.86. The van der Waals surface area contributed by atoms with Gasteiger partial charge in [-0.15, -0.1) is 0 Å². The molecule has 1 aliphatic rings. The lowest BCUT2D eigenvalue weighted by molar-refractivity contribution is -0.114. The van der Waals surface area contributed by atoms with Crippen molar-refractivity contribution in [2.45, 2.75) is 24.2 Å². The lowest BCUT2D eigenvalue weighted by Crippen LogP contribution is -2.33. The number of carbonyl (C=O) groups excluding carboxylic acids is 2. The topological polar surface area (TPSA) is 61.4 Å². The van der Waals surface area contributed by atoms with Crippen molar-refractivity contribution in [3.8, 4) is 0 Å². The second-order valence-electron chi connectivity index (χ2n) is 7.95. The second kappa shape index (κ2) is 10.7. The number of rotatable bonds is 7. The highest BCUT2D eigenvalue weighted by Gasteiger charge is 2.22. The van der Waals surface area contributed by atoms with E-state index in [0.717, 1.165) is 37.2 Å². The summed E-state index contributed by atoms with van der Waals surface area (Å²) in [6.45, 7) is 2.03. The Bertz CT molecular complexity index is 1140. The molecule has 0 saturated carbocycles. The number of amides is 2. The summed E-state index contributed by atoms with van der Waals surface area (Å²) in [6.07, 6.45) is 1.64. The highest BCUT2D eigenvalue weighted by atomic mass is 35.5. The first-order valence-corrected chi connectivity index (χ1v) is 11.8. The Morgan fingerprint density at radius 3 is 2.42 bits per heavy atom. The van der Waals surface area contributed by atoms with Gasteiger partial charge in [0, 0.05) is 31.0 Å². The molecule has 7 heteroatoms. The zero-order chi connectivity index (χ0) is 23.2. The molecule has 1 heterocycles. The standard InChI is InChI=1S/C26H25Cl2N3O2/c27-24(28)26(33)30-21-10-11-23(31-15-13-19-8-4-5-9-20(19)17-31)22(16-21)25(32)29-14-12-18-6-2-1-3-7-18/h1-11,16,24H,12-15,17H2,(H,29,32)(H,30,33). The van der Waals surface area contributed by atoms with E-state index in [1.807, 2.05) is 42.5 Å². The van der Waals surface area contributed by atoms with Crippen LogP contribution in [0.5, 0.6) is 0 Å². The minimum atomic E-state index is -1.19. The molecular formula is C26H25Cl2N3O2. The smallest absolute Gasteiger partial charge is 0.257 e. The molecule has 0 atom stereocenters. The number of hydrogen-bond acceptors (Lipinski definition) is 3. The summed E-state index contributed by atoms with van der Waals surface area (Å²) in [6, 6.07) is 23.7. The number of nitrogens with zero attached hydrogens (tertiary/aromatic N) is 1. The van der Waals surface area contributed by atoms with Crippen molar-refractivity contribution >= 4 is 46.4 Å². The molecule has 0 saturated heterocycles.